The summed E-state index contributed by atoms with van der Waals surface area (Å²) in [6.07, 6.45) is 0. The first kappa shape index (κ1) is 24.9. The minimum absolute atomic E-state index is 0.0529. The lowest BCUT2D eigenvalue weighted by molar-refractivity contribution is 0.0303. The third kappa shape index (κ3) is 6.15. The summed E-state index contributed by atoms with van der Waals surface area (Å²) in [7, 11) is 0. The Morgan fingerprint density at radius 2 is 1.54 bits per heavy atom. The van der Waals surface area contributed by atoms with E-state index in [4.69, 9.17) is 4.74 Å². The fraction of sp³-hybridized carbons (Fsp3) is 0.310. The molecular formula is C29H31FN4O3. The molecule has 2 saturated heterocycles. The number of halogens is 1. The van der Waals surface area contributed by atoms with Crippen LogP contribution < -0.4 is 10.2 Å². The Balaban J connectivity index is 1.33. The number of benzene rings is 3. The SMILES string of the molecule is O=C(Nc1ccc(N2CCN(Cc3ccc(F)cc3)CC2)c(C(=O)N2CCOCC2)c1)c1ccccc1. The molecule has 0 aromatic heterocycles. The van der Waals surface area contributed by atoms with Crippen LogP contribution in [0.4, 0.5) is 15.8 Å². The van der Waals surface area contributed by atoms with Gasteiger partial charge in [0, 0.05) is 62.8 Å². The van der Waals surface area contributed by atoms with Gasteiger partial charge < -0.3 is 19.9 Å². The number of hydrogen-bond acceptors (Lipinski definition) is 5. The summed E-state index contributed by atoms with van der Waals surface area (Å²) in [6, 6.07) is 21.2. The van der Waals surface area contributed by atoms with Gasteiger partial charge in [-0.1, -0.05) is 30.3 Å². The smallest absolute Gasteiger partial charge is 0.256 e. The number of anilines is 2. The standard InChI is InChI=1S/C29H31FN4O3/c30-24-8-6-22(7-9-24)21-32-12-14-33(15-13-32)27-11-10-25(31-28(35)23-4-2-1-3-5-23)20-26(27)29(36)34-16-18-37-19-17-34/h1-11,20H,12-19,21H2,(H,31,35). The highest BCUT2D eigenvalue weighted by atomic mass is 19.1. The second kappa shape index (κ2) is 11.5. The molecule has 3 aromatic carbocycles. The Hall–Kier alpha value is -3.75. The van der Waals surface area contributed by atoms with Gasteiger partial charge in [-0.05, 0) is 48.0 Å². The van der Waals surface area contributed by atoms with Gasteiger partial charge in [0.2, 0.25) is 0 Å². The van der Waals surface area contributed by atoms with Crippen LogP contribution in [-0.2, 0) is 11.3 Å². The summed E-state index contributed by atoms with van der Waals surface area (Å²) in [5.74, 6) is -0.496. The molecule has 0 saturated carbocycles. The maximum Gasteiger partial charge on any atom is 0.256 e. The molecule has 2 aliphatic heterocycles. The highest BCUT2D eigenvalue weighted by molar-refractivity contribution is 6.06. The van der Waals surface area contributed by atoms with Gasteiger partial charge in [-0.2, -0.15) is 0 Å². The maximum atomic E-state index is 13.6. The van der Waals surface area contributed by atoms with Crippen LogP contribution in [0.3, 0.4) is 0 Å². The van der Waals surface area contributed by atoms with Gasteiger partial charge in [-0.3, -0.25) is 14.5 Å². The predicted octanol–water partition coefficient (Wildman–Crippen LogP) is 3.87. The molecule has 2 aliphatic rings. The third-order valence-electron chi connectivity index (χ3n) is 6.85. The van der Waals surface area contributed by atoms with E-state index in [2.05, 4.69) is 15.1 Å². The molecule has 0 spiro atoms. The maximum absolute atomic E-state index is 13.6. The Morgan fingerprint density at radius 1 is 0.838 bits per heavy atom. The minimum Gasteiger partial charge on any atom is -0.378 e. The van der Waals surface area contributed by atoms with Crippen molar-refractivity contribution in [2.75, 3.05) is 62.7 Å². The first-order valence-corrected chi connectivity index (χ1v) is 12.7. The fourth-order valence-electron chi connectivity index (χ4n) is 4.79. The molecule has 0 aliphatic carbocycles. The van der Waals surface area contributed by atoms with Crippen LogP contribution in [0, 0.1) is 5.82 Å². The summed E-state index contributed by atoms with van der Waals surface area (Å²) in [5, 5.41) is 2.94. The Kier molecular flexibility index (Phi) is 7.77. The number of nitrogens with one attached hydrogen (secondary N) is 1. The summed E-state index contributed by atoms with van der Waals surface area (Å²) in [6.45, 7) is 6.08. The molecule has 0 bridgehead atoms. The largest absolute Gasteiger partial charge is 0.378 e. The van der Waals surface area contributed by atoms with E-state index in [1.165, 1.54) is 12.1 Å². The second-order valence-electron chi connectivity index (χ2n) is 9.35. The van der Waals surface area contributed by atoms with Crippen LogP contribution in [0.2, 0.25) is 0 Å². The average Bonchev–Trinajstić information content (AvgIpc) is 2.95. The van der Waals surface area contributed by atoms with E-state index in [1.807, 2.05) is 47.4 Å². The number of rotatable bonds is 6. The molecule has 3 aromatic rings. The topological polar surface area (TPSA) is 65.1 Å². The molecule has 37 heavy (non-hydrogen) atoms. The van der Waals surface area contributed by atoms with Crippen molar-refractivity contribution in [3.05, 3.63) is 95.3 Å². The predicted molar refractivity (Wildman–Crippen MR) is 141 cm³/mol. The van der Waals surface area contributed by atoms with E-state index in [1.54, 1.807) is 18.2 Å². The minimum atomic E-state index is -0.227. The molecule has 1 N–H and O–H groups in total. The molecule has 2 amide bonds. The van der Waals surface area contributed by atoms with Crippen LogP contribution >= 0.6 is 0 Å². The zero-order chi connectivity index (χ0) is 25.6. The van der Waals surface area contributed by atoms with E-state index >= 15 is 0 Å². The van der Waals surface area contributed by atoms with Crippen molar-refractivity contribution in [3.8, 4) is 0 Å². The molecule has 2 heterocycles. The number of ether oxygens (including phenoxy) is 1. The zero-order valence-electron chi connectivity index (χ0n) is 20.7. The van der Waals surface area contributed by atoms with Gasteiger partial charge in [0.25, 0.3) is 11.8 Å². The highest BCUT2D eigenvalue weighted by Crippen LogP contribution is 2.28. The molecular weight excluding hydrogens is 471 g/mol. The first-order chi connectivity index (χ1) is 18.1. The summed E-state index contributed by atoms with van der Waals surface area (Å²) < 4.78 is 18.7. The van der Waals surface area contributed by atoms with Crippen molar-refractivity contribution in [1.29, 1.82) is 0 Å². The first-order valence-electron chi connectivity index (χ1n) is 12.7. The molecule has 192 valence electrons. The fourth-order valence-corrected chi connectivity index (χ4v) is 4.79. The van der Waals surface area contributed by atoms with E-state index in [0.717, 1.165) is 44.0 Å². The van der Waals surface area contributed by atoms with E-state index in [0.29, 0.717) is 43.1 Å². The molecule has 8 heteroatoms. The number of morpholine rings is 1. The molecule has 0 radical (unpaired) electrons. The second-order valence-corrected chi connectivity index (χ2v) is 9.35. The lowest BCUT2D eigenvalue weighted by atomic mass is 10.1. The number of piperazine rings is 1. The van der Waals surface area contributed by atoms with Gasteiger partial charge in [0.05, 0.1) is 18.8 Å². The number of amides is 2. The molecule has 5 rings (SSSR count). The van der Waals surface area contributed by atoms with E-state index < -0.39 is 0 Å². The summed E-state index contributed by atoms with van der Waals surface area (Å²) in [5.41, 5.74) is 3.68. The van der Waals surface area contributed by atoms with Crippen LogP contribution in [0.25, 0.3) is 0 Å². The van der Waals surface area contributed by atoms with Gasteiger partial charge in [0.15, 0.2) is 0 Å². The van der Waals surface area contributed by atoms with Crippen LogP contribution in [0.5, 0.6) is 0 Å². The number of nitrogens with zero attached hydrogens (tertiary/aromatic N) is 3. The number of hydrogen-bond donors (Lipinski definition) is 1. The van der Waals surface area contributed by atoms with Crippen molar-refractivity contribution in [1.82, 2.24) is 9.80 Å². The van der Waals surface area contributed by atoms with Gasteiger partial charge in [0.1, 0.15) is 5.82 Å². The Morgan fingerprint density at radius 3 is 2.24 bits per heavy atom. The van der Waals surface area contributed by atoms with Crippen LogP contribution in [0.15, 0.2) is 72.8 Å². The molecule has 0 unspecified atom stereocenters. The highest BCUT2D eigenvalue weighted by Gasteiger charge is 2.26. The van der Waals surface area contributed by atoms with Crippen molar-refractivity contribution < 1.29 is 18.7 Å². The summed E-state index contributed by atoms with van der Waals surface area (Å²) in [4.78, 5) is 32.7. The molecule has 0 atom stereocenters. The van der Waals surface area contributed by atoms with Crippen molar-refractivity contribution in [2.24, 2.45) is 0 Å². The lowest BCUT2D eigenvalue weighted by Gasteiger charge is -2.37. The monoisotopic (exact) mass is 502 g/mol. The van der Waals surface area contributed by atoms with Crippen molar-refractivity contribution in [3.63, 3.8) is 0 Å². The van der Waals surface area contributed by atoms with Gasteiger partial charge in [-0.15, -0.1) is 0 Å². The van der Waals surface area contributed by atoms with Crippen molar-refractivity contribution >= 4 is 23.2 Å². The third-order valence-corrected chi connectivity index (χ3v) is 6.85. The summed E-state index contributed by atoms with van der Waals surface area (Å²) >= 11 is 0. The number of carbonyl (C=O) groups is 2. The molecule has 7 nitrogen and oxygen atoms in total. The normalized spacial score (nSPS) is 16.5. The molecule has 2 fully saturated rings. The van der Waals surface area contributed by atoms with Crippen LogP contribution in [-0.4, -0.2) is 74.1 Å². The quantitative estimate of drug-likeness (QED) is 0.555. The van der Waals surface area contributed by atoms with E-state index in [-0.39, 0.29) is 17.6 Å². The Labute approximate surface area is 216 Å². The van der Waals surface area contributed by atoms with Crippen molar-refractivity contribution in [2.45, 2.75) is 6.54 Å². The van der Waals surface area contributed by atoms with Gasteiger partial charge >= 0.3 is 0 Å². The van der Waals surface area contributed by atoms with Gasteiger partial charge in [-0.25, -0.2) is 4.39 Å². The average molecular weight is 503 g/mol. The lowest BCUT2D eigenvalue weighted by Crippen LogP contribution is -2.47. The number of carbonyl (C=O) groups excluding carboxylic acids is 2. The Bertz CT molecular complexity index is 1220. The van der Waals surface area contributed by atoms with Crippen LogP contribution in [0.1, 0.15) is 26.3 Å². The zero-order valence-corrected chi connectivity index (χ0v) is 20.7. The van der Waals surface area contributed by atoms with E-state index in [9.17, 15) is 14.0 Å².